The average molecular weight is 449 g/mol. The molecule has 0 saturated carbocycles. The highest BCUT2D eigenvalue weighted by Gasteiger charge is 2.26. The Morgan fingerprint density at radius 2 is 1.79 bits per heavy atom. The second kappa shape index (κ2) is 10.6. The van der Waals surface area contributed by atoms with Crippen molar-refractivity contribution in [2.75, 3.05) is 26.7 Å². The zero-order chi connectivity index (χ0) is 23.2. The number of nitrogens with zero attached hydrogens (tertiary/aromatic N) is 2. The SMILES string of the molecule is CN(CC(O)c1ccccc1)C(=O)CCN1Cc2ccccc2OC(c2ccccc2F)C1. The number of fused-ring (bicyclic) bond motifs is 1. The fourth-order valence-corrected chi connectivity index (χ4v) is 4.13. The number of para-hydroxylation sites is 1. The van der Waals surface area contributed by atoms with Gasteiger partial charge in [0, 0.05) is 44.2 Å². The van der Waals surface area contributed by atoms with Gasteiger partial charge in [-0.3, -0.25) is 9.69 Å². The van der Waals surface area contributed by atoms with E-state index in [2.05, 4.69) is 4.90 Å². The van der Waals surface area contributed by atoms with Crippen LogP contribution >= 0.6 is 0 Å². The maximum Gasteiger partial charge on any atom is 0.223 e. The van der Waals surface area contributed by atoms with E-state index in [-0.39, 0.29) is 18.3 Å². The van der Waals surface area contributed by atoms with E-state index in [0.29, 0.717) is 31.6 Å². The quantitative estimate of drug-likeness (QED) is 0.584. The van der Waals surface area contributed by atoms with Crippen molar-refractivity contribution in [3.63, 3.8) is 0 Å². The van der Waals surface area contributed by atoms with Crippen LogP contribution in [-0.4, -0.2) is 47.5 Å². The Bertz CT molecular complexity index is 1080. The maximum atomic E-state index is 14.5. The lowest BCUT2D eigenvalue weighted by Gasteiger charge is -2.26. The lowest BCUT2D eigenvalue weighted by atomic mass is 10.1. The molecule has 1 amide bonds. The van der Waals surface area contributed by atoms with Crippen LogP contribution < -0.4 is 4.74 Å². The van der Waals surface area contributed by atoms with E-state index in [9.17, 15) is 14.3 Å². The largest absolute Gasteiger partial charge is 0.484 e. The second-order valence-corrected chi connectivity index (χ2v) is 8.42. The van der Waals surface area contributed by atoms with E-state index in [4.69, 9.17) is 4.74 Å². The summed E-state index contributed by atoms with van der Waals surface area (Å²) in [5.74, 6) is 0.390. The first kappa shape index (κ1) is 23.0. The number of carbonyl (C=O) groups excluding carboxylic acids is 1. The molecule has 6 heteroatoms. The highest BCUT2D eigenvalue weighted by molar-refractivity contribution is 5.76. The Morgan fingerprint density at radius 3 is 2.58 bits per heavy atom. The summed E-state index contributed by atoms with van der Waals surface area (Å²) in [6, 6.07) is 23.7. The highest BCUT2D eigenvalue weighted by Crippen LogP contribution is 2.32. The van der Waals surface area contributed by atoms with Crippen LogP contribution in [0.2, 0.25) is 0 Å². The molecule has 5 nitrogen and oxygen atoms in total. The third-order valence-electron chi connectivity index (χ3n) is 6.01. The second-order valence-electron chi connectivity index (χ2n) is 8.42. The minimum atomic E-state index is -0.732. The minimum absolute atomic E-state index is 0.0501. The first-order valence-corrected chi connectivity index (χ1v) is 11.2. The van der Waals surface area contributed by atoms with Gasteiger partial charge in [0.15, 0.2) is 0 Å². The summed E-state index contributed by atoms with van der Waals surface area (Å²) in [7, 11) is 1.71. The van der Waals surface area contributed by atoms with Crippen LogP contribution in [0, 0.1) is 5.82 Å². The Hall–Kier alpha value is -3.22. The van der Waals surface area contributed by atoms with E-state index in [0.717, 1.165) is 16.9 Å². The zero-order valence-corrected chi connectivity index (χ0v) is 18.7. The third-order valence-corrected chi connectivity index (χ3v) is 6.01. The summed E-state index contributed by atoms with van der Waals surface area (Å²) in [5.41, 5.74) is 2.30. The van der Waals surface area contributed by atoms with Crippen molar-refractivity contribution in [1.29, 1.82) is 0 Å². The van der Waals surface area contributed by atoms with Gasteiger partial charge in [-0.2, -0.15) is 0 Å². The Kier molecular flexibility index (Phi) is 7.37. The molecule has 0 aromatic heterocycles. The fourth-order valence-electron chi connectivity index (χ4n) is 4.13. The summed E-state index contributed by atoms with van der Waals surface area (Å²) >= 11 is 0. The van der Waals surface area contributed by atoms with Crippen molar-refractivity contribution >= 4 is 5.91 Å². The van der Waals surface area contributed by atoms with E-state index >= 15 is 0 Å². The molecule has 3 aromatic rings. The first-order valence-electron chi connectivity index (χ1n) is 11.2. The predicted molar refractivity (Wildman–Crippen MR) is 125 cm³/mol. The van der Waals surface area contributed by atoms with Gasteiger partial charge in [-0.25, -0.2) is 4.39 Å². The number of benzene rings is 3. The molecule has 1 aliphatic heterocycles. The molecule has 1 heterocycles. The average Bonchev–Trinajstić information content (AvgIpc) is 3.02. The molecular formula is C27H29FN2O3. The topological polar surface area (TPSA) is 53.0 Å². The molecule has 0 fully saturated rings. The van der Waals surface area contributed by atoms with Crippen molar-refractivity contribution in [2.45, 2.75) is 25.2 Å². The van der Waals surface area contributed by atoms with E-state index < -0.39 is 12.2 Å². The predicted octanol–water partition coefficient (Wildman–Crippen LogP) is 4.34. The molecule has 0 radical (unpaired) electrons. The lowest BCUT2D eigenvalue weighted by Crippen LogP contribution is -2.35. The lowest BCUT2D eigenvalue weighted by molar-refractivity contribution is -0.131. The van der Waals surface area contributed by atoms with Crippen molar-refractivity contribution < 1.29 is 19.0 Å². The first-order chi connectivity index (χ1) is 16.0. The molecule has 4 rings (SSSR count). The number of halogens is 1. The number of ether oxygens (including phenoxy) is 1. The van der Waals surface area contributed by atoms with Crippen LogP contribution in [0.5, 0.6) is 5.75 Å². The number of hydrogen-bond donors (Lipinski definition) is 1. The Labute approximate surface area is 194 Å². The molecule has 0 aliphatic carbocycles. The van der Waals surface area contributed by atoms with Gasteiger partial charge in [0.1, 0.15) is 17.7 Å². The van der Waals surface area contributed by atoms with Crippen molar-refractivity contribution in [3.8, 4) is 5.75 Å². The van der Waals surface area contributed by atoms with Crippen molar-refractivity contribution in [2.24, 2.45) is 0 Å². The van der Waals surface area contributed by atoms with Gasteiger partial charge >= 0.3 is 0 Å². The number of hydrogen-bond acceptors (Lipinski definition) is 4. The van der Waals surface area contributed by atoms with Gasteiger partial charge < -0.3 is 14.7 Å². The Morgan fingerprint density at radius 1 is 1.09 bits per heavy atom. The molecule has 172 valence electrons. The van der Waals surface area contributed by atoms with Crippen LogP contribution in [-0.2, 0) is 11.3 Å². The molecule has 0 bridgehead atoms. The number of carbonyl (C=O) groups is 1. The maximum absolute atomic E-state index is 14.5. The van der Waals surface area contributed by atoms with Gasteiger partial charge in [0.05, 0.1) is 12.6 Å². The molecule has 2 atom stereocenters. The smallest absolute Gasteiger partial charge is 0.223 e. The fraction of sp³-hybridized carbons (Fsp3) is 0.296. The van der Waals surface area contributed by atoms with Crippen LogP contribution in [0.3, 0.4) is 0 Å². The standard InChI is InChI=1S/C27H29FN2O3/c1-29(18-24(31)20-9-3-2-4-10-20)27(32)15-16-30-17-21-11-5-8-14-25(21)33-26(19-30)22-12-6-7-13-23(22)28/h2-14,24,26,31H,15-19H2,1H3. The zero-order valence-electron chi connectivity index (χ0n) is 18.7. The number of rotatable bonds is 7. The molecule has 1 aliphatic rings. The van der Waals surface area contributed by atoms with Gasteiger partial charge in [-0.15, -0.1) is 0 Å². The van der Waals surface area contributed by atoms with Crippen LogP contribution in [0.25, 0.3) is 0 Å². The number of likely N-dealkylation sites (N-methyl/N-ethyl adjacent to an activating group) is 1. The van der Waals surface area contributed by atoms with Gasteiger partial charge in [-0.1, -0.05) is 66.7 Å². The van der Waals surface area contributed by atoms with Crippen LogP contribution in [0.15, 0.2) is 78.9 Å². The van der Waals surface area contributed by atoms with E-state index in [1.165, 1.54) is 6.07 Å². The number of aliphatic hydroxyl groups excluding tert-OH is 1. The van der Waals surface area contributed by atoms with E-state index in [1.54, 1.807) is 30.1 Å². The summed E-state index contributed by atoms with van der Waals surface area (Å²) < 4.78 is 20.7. The van der Waals surface area contributed by atoms with E-state index in [1.807, 2.05) is 54.6 Å². The molecular weight excluding hydrogens is 419 g/mol. The van der Waals surface area contributed by atoms with Crippen LogP contribution in [0.1, 0.15) is 35.3 Å². The monoisotopic (exact) mass is 448 g/mol. The van der Waals surface area contributed by atoms with Gasteiger partial charge in [-0.05, 0) is 17.7 Å². The third kappa shape index (κ3) is 5.78. The summed E-state index contributed by atoms with van der Waals surface area (Å²) in [6.45, 7) is 1.82. The molecule has 3 aromatic carbocycles. The highest BCUT2D eigenvalue weighted by atomic mass is 19.1. The molecule has 1 N–H and O–H groups in total. The summed E-state index contributed by atoms with van der Waals surface area (Å²) in [6.07, 6.45) is -0.906. The molecule has 2 unspecified atom stereocenters. The normalized spacial score (nSPS) is 16.9. The van der Waals surface area contributed by atoms with Gasteiger partial charge in [0.2, 0.25) is 5.91 Å². The number of amides is 1. The summed E-state index contributed by atoms with van der Waals surface area (Å²) in [5, 5.41) is 10.4. The van der Waals surface area contributed by atoms with Crippen molar-refractivity contribution in [1.82, 2.24) is 9.80 Å². The molecule has 0 saturated heterocycles. The summed E-state index contributed by atoms with van der Waals surface area (Å²) in [4.78, 5) is 16.5. The number of aliphatic hydroxyl groups is 1. The molecule has 33 heavy (non-hydrogen) atoms. The van der Waals surface area contributed by atoms with Gasteiger partial charge in [0.25, 0.3) is 0 Å². The van der Waals surface area contributed by atoms with Crippen molar-refractivity contribution in [3.05, 3.63) is 101 Å². The Balaban J connectivity index is 1.42. The van der Waals surface area contributed by atoms with Crippen LogP contribution in [0.4, 0.5) is 4.39 Å². The minimum Gasteiger partial charge on any atom is -0.484 e. The molecule has 0 spiro atoms.